The van der Waals surface area contributed by atoms with Gasteiger partial charge in [-0.15, -0.1) is 0 Å². The number of amides is 2. The molecule has 3 N–H and O–H groups in total. The molecule has 2 amide bonds. The predicted octanol–water partition coefficient (Wildman–Crippen LogP) is 0.857. The molecule has 2 rings (SSSR count). The van der Waals surface area contributed by atoms with Crippen LogP contribution in [0, 0.1) is 0 Å². The van der Waals surface area contributed by atoms with Crippen molar-refractivity contribution in [1.82, 2.24) is 10.6 Å². The number of nitrogens with one attached hydrogen (secondary N) is 2. The van der Waals surface area contributed by atoms with E-state index in [2.05, 4.69) is 10.6 Å². The summed E-state index contributed by atoms with van der Waals surface area (Å²) in [6, 6.07) is 8.25. The Morgan fingerprint density at radius 2 is 2.05 bits per heavy atom. The van der Waals surface area contributed by atoms with E-state index in [9.17, 15) is 19.5 Å². The second-order valence-corrected chi connectivity index (χ2v) is 5.44. The van der Waals surface area contributed by atoms with Crippen LogP contribution in [-0.2, 0) is 20.8 Å². The molecule has 0 radical (unpaired) electrons. The summed E-state index contributed by atoms with van der Waals surface area (Å²) in [6.07, 6.45) is 2.51. The van der Waals surface area contributed by atoms with Crippen molar-refractivity contribution < 1.29 is 19.5 Å². The van der Waals surface area contributed by atoms with Crippen molar-refractivity contribution in [2.75, 3.05) is 0 Å². The second kappa shape index (κ2) is 7.59. The fourth-order valence-electron chi connectivity index (χ4n) is 2.50. The number of hydrogen-bond acceptors (Lipinski definition) is 3. The topological polar surface area (TPSA) is 95.5 Å². The quantitative estimate of drug-likeness (QED) is 0.696. The normalized spacial score (nSPS) is 18.5. The highest BCUT2D eigenvalue weighted by atomic mass is 16.4. The van der Waals surface area contributed by atoms with Gasteiger partial charge in [-0.2, -0.15) is 0 Å². The van der Waals surface area contributed by atoms with Crippen LogP contribution in [0.5, 0.6) is 0 Å². The molecule has 118 valence electrons. The van der Waals surface area contributed by atoms with Crippen LogP contribution in [0.3, 0.4) is 0 Å². The van der Waals surface area contributed by atoms with Crippen LogP contribution in [0.1, 0.15) is 31.2 Å². The standard InChI is InChI=1S/C16H20N2O4/c19-14-10-9-12(17-14)15(20)18-13(16(21)22)8-4-7-11-5-2-1-3-6-11/h1-3,5-6,12-13H,4,7-10H2,(H,17,19)(H,18,20)(H,21,22)/t12-,13-/m0/s1. The average Bonchev–Trinajstić information content (AvgIpc) is 2.93. The minimum absolute atomic E-state index is 0.170. The summed E-state index contributed by atoms with van der Waals surface area (Å²) in [5.74, 6) is -1.64. The molecule has 0 unspecified atom stereocenters. The van der Waals surface area contributed by atoms with Gasteiger partial charge in [0.2, 0.25) is 11.8 Å². The Morgan fingerprint density at radius 1 is 1.32 bits per heavy atom. The highest BCUT2D eigenvalue weighted by Crippen LogP contribution is 2.09. The Morgan fingerprint density at radius 3 is 2.64 bits per heavy atom. The van der Waals surface area contributed by atoms with Crippen LogP contribution in [0.4, 0.5) is 0 Å². The van der Waals surface area contributed by atoms with Gasteiger partial charge < -0.3 is 15.7 Å². The van der Waals surface area contributed by atoms with Gasteiger partial charge in [0, 0.05) is 6.42 Å². The van der Waals surface area contributed by atoms with Gasteiger partial charge in [0.15, 0.2) is 0 Å². The number of rotatable bonds is 7. The summed E-state index contributed by atoms with van der Waals surface area (Å²) in [6.45, 7) is 0. The summed E-state index contributed by atoms with van der Waals surface area (Å²) in [4.78, 5) is 34.3. The smallest absolute Gasteiger partial charge is 0.326 e. The first-order valence-electron chi connectivity index (χ1n) is 7.42. The Balaban J connectivity index is 1.81. The number of carbonyl (C=O) groups is 3. The lowest BCUT2D eigenvalue weighted by atomic mass is 10.0. The fraction of sp³-hybridized carbons (Fsp3) is 0.438. The molecule has 0 aliphatic carbocycles. The largest absolute Gasteiger partial charge is 0.480 e. The van der Waals surface area contributed by atoms with Crippen LogP contribution in [0.15, 0.2) is 30.3 Å². The third-order valence-electron chi connectivity index (χ3n) is 3.73. The number of benzene rings is 1. The third kappa shape index (κ3) is 4.58. The van der Waals surface area contributed by atoms with E-state index >= 15 is 0 Å². The number of carboxylic acid groups (broad SMARTS) is 1. The second-order valence-electron chi connectivity index (χ2n) is 5.44. The SMILES string of the molecule is O=C1CC[C@@H](C(=O)N[C@@H](CCCc2ccccc2)C(=O)O)N1. The van der Waals surface area contributed by atoms with E-state index in [1.807, 2.05) is 30.3 Å². The highest BCUT2D eigenvalue weighted by Gasteiger charge is 2.30. The van der Waals surface area contributed by atoms with E-state index in [0.717, 1.165) is 12.0 Å². The first kappa shape index (κ1) is 16.0. The van der Waals surface area contributed by atoms with Crippen LogP contribution < -0.4 is 10.6 Å². The molecule has 6 nitrogen and oxygen atoms in total. The minimum atomic E-state index is -1.05. The maximum atomic E-state index is 11.9. The Bertz CT molecular complexity index is 544. The molecule has 1 aromatic carbocycles. The summed E-state index contributed by atoms with van der Waals surface area (Å²) in [7, 11) is 0. The van der Waals surface area contributed by atoms with Crippen LogP contribution in [0.2, 0.25) is 0 Å². The Kier molecular flexibility index (Phi) is 5.52. The van der Waals surface area contributed by atoms with Crippen molar-refractivity contribution in [3.63, 3.8) is 0 Å². The van der Waals surface area contributed by atoms with Gasteiger partial charge >= 0.3 is 5.97 Å². The van der Waals surface area contributed by atoms with Gasteiger partial charge in [-0.25, -0.2) is 4.79 Å². The molecule has 1 fully saturated rings. The van der Waals surface area contributed by atoms with E-state index in [1.54, 1.807) is 0 Å². The maximum absolute atomic E-state index is 11.9. The van der Waals surface area contributed by atoms with Crippen LogP contribution >= 0.6 is 0 Å². The van der Waals surface area contributed by atoms with Crippen LogP contribution in [0.25, 0.3) is 0 Å². The van der Waals surface area contributed by atoms with Crippen molar-refractivity contribution in [1.29, 1.82) is 0 Å². The molecule has 6 heteroatoms. The number of aryl methyl sites for hydroxylation is 1. The first-order valence-corrected chi connectivity index (χ1v) is 7.42. The lowest BCUT2D eigenvalue weighted by Gasteiger charge is -2.17. The third-order valence-corrected chi connectivity index (χ3v) is 3.73. The number of aliphatic carboxylic acids is 1. The fourth-order valence-corrected chi connectivity index (χ4v) is 2.50. The highest BCUT2D eigenvalue weighted by molar-refractivity contribution is 5.92. The van der Waals surface area contributed by atoms with E-state index < -0.39 is 24.0 Å². The monoisotopic (exact) mass is 304 g/mol. The van der Waals surface area contributed by atoms with Crippen molar-refractivity contribution in [2.45, 2.75) is 44.2 Å². The van der Waals surface area contributed by atoms with E-state index in [4.69, 9.17) is 0 Å². The molecule has 1 saturated heterocycles. The average molecular weight is 304 g/mol. The molecule has 1 aliphatic heterocycles. The van der Waals surface area contributed by atoms with E-state index in [0.29, 0.717) is 25.7 Å². The summed E-state index contributed by atoms with van der Waals surface area (Å²) >= 11 is 0. The Labute approximate surface area is 128 Å². The maximum Gasteiger partial charge on any atom is 0.326 e. The molecule has 2 atom stereocenters. The van der Waals surface area contributed by atoms with Gasteiger partial charge in [-0.1, -0.05) is 30.3 Å². The van der Waals surface area contributed by atoms with E-state index in [1.165, 1.54) is 0 Å². The van der Waals surface area contributed by atoms with Gasteiger partial charge in [0.1, 0.15) is 12.1 Å². The lowest BCUT2D eigenvalue weighted by molar-refractivity contribution is -0.142. The molecule has 1 aromatic rings. The van der Waals surface area contributed by atoms with Crippen LogP contribution in [-0.4, -0.2) is 35.0 Å². The van der Waals surface area contributed by atoms with Gasteiger partial charge in [-0.3, -0.25) is 9.59 Å². The molecule has 1 heterocycles. The van der Waals surface area contributed by atoms with Crippen molar-refractivity contribution in [3.05, 3.63) is 35.9 Å². The molecule has 1 aliphatic rings. The molecule has 22 heavy (non-hydrogen) atoms. The first-order chi connectivity index (χ1) is 10.6. The molecule has 0 aromatic heterocycles. The molecular weight excluding hydrogens is 284 g/mol. The molecule has 0 spiro atoms. The van der Waals surface area contributed by atoms with E-state index in [-0.39, 0.29) is 5.91 Å². The zero-order valence-electron chi connectivity index (χ0n) is 12.2. The molecule has 0 saturated carbocycles. The Hall–Kier alpha value is -2.37. The van der Waals surface area contributed by atoms with Gasteiger partial charge in [0.25, 0.3) is 0 Å². The zero-order chi connectivity index (χ0) is 15.9. The summed E-state index contributed by atoms with van der Waals surface area (Å²) in [5, 5.41) is 14.3. The summed E-state index contributed by atoms with van der Waals surface area (Å²) < 4.78 is 0. The molecular formula is C16H20N2O4. The summed E-state index contributed by atoms with van der Waals surface area (Å²) in [5.41, 5.74) is 1.14. The van der Waals surface area contributed by atoms with Gasteiger partial charge in [0.05, 0.1) is 0 Å². The predicted molar refractivity (Wildman–Crippen MR) is 80.1 cm³/mol. The van der Waals surface area contributed by atoms with Crippen molar-refractivity contribution >= 4 is 17.8 Å². The number of hydrogen-bond donors (Lipinski definition) is 3. The number of carbonyl (C=O) groups excluding carboxylic acids is 2. The zero-order valence-corrected chi connectivity index (χ0v) is 12.2. The number of carboxylic acids is 1. The molecule has 0 bridgehead atoms. The van der Waals surface area contributed by atoms with Crippen molar-refractivity contribution in [2.24, 2.45) is 0 Å². The van der Waals surface area contributed by atoms with Gasteiger partial charge in [-0.05, 0) is 31.2 Å². The lowest BCUT2D eigenvalue weighted by Crippen LogP contribution is -2.48. The van der Waals surface area contributed by atoms with Crippen molar-refractivity contribution in [3.8, 4) is 0 Å². The minimum Gasteiger partial charge on any atom is -0.480 e.